The summed E-state index contributed by atoms with van der Waals surface area (Å²) in [4.78, 5) is 33.7. The molecule has 8 nitrogen and oxygen atoms in total. The largest absolute Gasteiger partial charge is 0.489 e. The number of carbonyl (C=O) groups is 1. The average molecular weight is 571 g/mol. The number of carbonyl (C=O) groups excluding carboxylic acids is 1. The molecule has 1 atom stereocenters. The number of benzene rings is 2. The first-order chi connectivity index (χ1) is 19.7. The summed E-state index contributed by atoms with van der Waals surface area (Å²) in [6, 6.07) is 19.6. The van der Waals surface area contributed by atoms with Crippen molar-refractivity contribution in [2.45, 2.75) is 72.3 Å². The van der Waals surface area contributed by atoms with E-state index in [-0.39, 0.29) is 25.1 Å². The second kappa shape index (κ2) is 12.1. The summed E-state index contributed by atoms with van der Waals surface area (Å²) < 4.78 is 13.1. The van der Waals surface area contributed by atoms with Gasteiger partial charge in [0.25, 0.3) is 5.56 Å². The molecule has 0 spiro atoms. The molecule has 1 saturated heterocycles. The summed E-state index contributed by atoms with van der Waals surface area (Å²) in [7, 11) is 0. The van der Waals surface area contributed by atoms with Gasteiger partial charge in [0.15, 0.2) is 0 Å². The fraction of sp³-hybridized carbons (Fsp3) is 0.412. The molecule has 4 aromatic rings. The minimum Gasteiger partial charge on any atom is -0.489 e. The van der Waals surface area contributed by atoms with Crippen LogP contribution in [0.2, 0.25) is 0 Å². The highest BCUT2D eigenvalue weighted by Crippen LogP contribution is 2.30. The lowest BCUT2D eigenvalue weighted by atomic mass is 10.0. The first kappa shape index (κ1) is 29.5. The quantitative estimate of drug-likeness (QED) is 0.295. The van der Waals surface area contributed by atoms with E-state index in [0.717, 1.165) is 62.2 Å². The molecule has 8 heteroatoms. The Morgan fingerprint density at radius 3 is 2.62 bits per heavy atom. The average Bonchev–Trinajstić information content (AvgIpc) is 3.55. The van der Waals surface area contributed by atoms with E-state index in [9.17, 15) is 9.59 Å². The molecule has 0 saturated carbocycles. The summed E-state index contributed by atoms with van der Waals surface area (Å²) in [6.07, 6.45) is 4.50. The van der Waals surface area contributed by atoms with Gasteiger partial charge in [-0.3, -0.25) is 14.3 Å². The number of nitrogens with zero attached hydrogens (tertiary/aromatic N) is 3. The van der Waals surface area contributed by atoms with Crippen LogP contribution < -0.4 is 10.3 Å². The number of aromatic nitrogens is 2. The van der Waals surface area contributed by atoms with Crippen molar-refractivity contribution < 1.29 is 14.3 Å². The van der Waals surface area contributed by atoms with Crippen molar-refractivity contribution in [1.82, 2.24) is 19.4 Å². The molecule has 0 bridgehead atoms. The monoisotopic (exact) mass is 570 g/mol. The van der Waals surface area contributed by atoms with Gasteiger partial charge in [0.1, 0.15) is 18.0 Å². The number of ether oxygens (including phenoxy) is 2. The zero-order valence-electron chi connectivity index (χ0n) is 24.1. The number of H-pyrrole nitrogens is 1. The minimum atomic E-state index is -0.490. The highest BCUT2D eigenvalue weighted by atomic mass is 16.6. The molecular weight excluding hydrogens is 528 g/mol. The Hall–Kier alpha value is -4.04. The van der Waals surface area contributed by atoms with Crippen LogP contribution in [0, 0.1) is 0 Å². The molecule has 0 aliphatic carbocycles. The molecule has 0 unspecified atom stereocenters. The van der Waals surface area contributed by atoms with Gasteiger partial charge in [-0.2, -0.15) is 0 Å². The molecule has 2 aliphatic heterocycles. The Kier molecular flexibility index (Phi) is 8.45. The van der Waals surface area contributed by atoms with Gasteiger partial charge in [-0.25, -0.2) is 4.79 Å². The SMILES string of the molecule is C.CC(C)(C)OC(=O)N1CCC[C@H]1CN1CCc2[nH]c3cc(-n4ccc(OCc5ccccc5)cc4=O)ccc3c2C1. The number of amides is 1. The highest BCUT2D eigenvalue weighted by molar-refractivity contribution is 5.86. The van der Waals surface area contributed by atoms with E-state index in [1.807, 2.05) is 74.2 Å². The smallest absolute Gasteiger partial charge is 0.410 e. The number of rotatable bonds is 6. The topological polar surface area (TPSA) is 79.8 Å². The minimum absolute atomic E-state index is 0. The molecule has 1 amide bonds. The van der Waals surface area contributed by atoms with Gasteiger partial charge in [0.05, 0.1) is 5.69 Å². The molecule has 42 heavy (non-hydrogen) atoms. The second-order valence-electron chi connectivity index (χ2n) is 12.1. The number of aromatic amines is 1. The van der Waals surface area contributed by atoms with Crippen LogP contribution >= 0.6 is 0 Å². The Morgan fingerprint density at radius 2 is 1.86 bits per heavy atom. The number of nitrogens with one attached hydrogen (secondary N) is 1. The predicted molar refractivity (Wildman–Crippen MR) is 166 cm³/mol. The standard InChI is InChI=1S/C33H38N4O4.CH4/c1-33(2,3)41-32(39)37-15-7-10-25(37)20-35-16-14-29-28(21-35)27-12-11-24(18-30(27)34-29)36-17-13-26(19-31(36)38)40-22-23-8-5-4-6-9-23;/h4-6,8-9,11-13,17-19,25,34H,7,10,14-16,20-22H2,1-3H3;1H4/t25-;/m0./s1. The van der Waals surface area contributed by atoms with E-state index < -0.39 is 5.60 Å². The van der Waals surface area contributed by atoms with Crippen LogP contribution in [-0.2, 0) is 24.3 Å². The summed E-state index contributed by atoms with van der Waals surface area (Å²) in [5.74, 6) is 0.555. The molecule has 2 aliphatic rings. The lowest BCUT2D eigenvalue weighted by Gasteiger charge is -2.34. The van der Waals surface area contributed by atoms with Crippen LogP contribution in [0.5, 0.6) is 5.75 Å². The van der Waals surface area contributed by atoms with Crippen LogP contribution in [0.1, 0.15) is 57.9 Å². The van der Waals surface area contributed by atoms with E-state index >= 15 is 0 Å². The third-order valence-electron chi connectivity index (χ3n) is 7.93. The predicted octanol–water partition coefficient (Wildman–Crippen LogP) is 6.29. The summed E-state index contributed by atoms with van der Waals surface area (Å²) in [5, 5.41) is 1.18. The third-order valence-corrected chi connectivity index (χ3v) is 7.93. The second-order valence-corrected chi connectivity index (χ2v) is 12.1. The highest BCUT2D eigenvalue weighted by Gasteiger charge is 2.34. The molecule has 2 aromatic heterocycles. The first-order valence-electron chi connectivity index (χ1n) is 14.5. The van der Waals surface area contributed by atoms with Gasteiger partial charge < -0.3 is 19.4 Å². The normalized spacial score (nSPS) is 17.1. The van der Waals surface area contributed by atoms with Crippen molar-refractivity contribution in [3.63, 3.8) is 0 Å². The van der Waals surface area contributed by atoms with Crippen LogP contribution in [0.15, 0.2) is 71.7 Å². The van der Waals surface area contributed by atoms with Crippen molar-refractivity contribution in [3.05, 3.63) is 94.0 Å². The van der Waals surface area contributed by atoms with Crippen LogP contribution in [-0.4, -0.2) is 56.7 Å². The maximum Gasteiger partial charge on any atom is 0.410 e. The fourth-order valence-electron chi connectivity index (χ4n) is 5.96. The summed E-state index contributed by atoms with van der Waals surface area (Å²) >= 11 is 0. The van der Waals surface area contributed by atoms with Crippen molar-refractivity contribution in [2.24, 2.45) is 0 Å². The molecule has 222 valence electrons. The lowest BCUT2D eigenvalue weighted by molar-refractivity contribution is 0.0192. The third kappa shape index (κ3) is 6.39. The van der Waals surface area contributed by atoms with Crippen LogP contribution in [0.3, 0.4) is 0 Å². The Bertz CT molecular complexity index is 1600. The lowest BCUT2D eigenvalue weighted by Crippen LogP contribution is -2.46. The van der Waals surface area contributed by atoms with Crippen molar-refractivity contribution >= 4 is 17.0 Å². The van der Waals surface area contributed by atoms with Crippen molar-refractivity contribution in [3.8, 4) is 11.4 Å². The van der Waals surface area contributed by atoms with Gasteiger partial charge in [-0.05, 0) is 62.9 Å². The number of pyridine rings is 1. The van der Waals surface area contributed by atoms with Crippen molar-refractivity contribution in [1.29, 1.82) is 0 Å². The van der Waals surface area contributed by atoms with Crippen molar-refractivity contribution in [2.75, 3.05) is 19.6 Å². The number of hydrogen-bond donors (Lipinski definition) is 1. The molecule has 1 N–H and O–H groups in total. The van der Waals surface area contributed by atoms with Gasteiger partial charge >= 0.3 is 6.09 Å². The van der Waals surface area contributed by atoms with E-state index in [1.54, 1.807) is 10.8 Å². The Labute approximate surface area is 247 Å². The van der Waals surface area contributed by atoms with Gasteiger partial charge in [-0.1, -0.05) is 43.8 Å². The van der Waals surface area contributed by atoms with Gasteiger partial charge in [-0.15, -0.1) is 0 Å². The first-order valence-corrected chi connectivity index (χ1v) is 14.5. The van der Waals surface area contributed by atoms with Crippen LogP contribution in [0.4, 0.5) is 4.79 Å². The van der Waals surface area contributed by atoms with Gasteiger partial charge in [0.2, 0.25) is 0 Å². The fourth-order valence-corrected chi connectivity index (χ4v) is 5.96. The van der Waals surface area contributed by atoms with E-state index in [2.05, 4.69) is 16.0 Å². The zero-order chi connectivity index (χ0) is 28.6. The molecule has 0 radical (unpaired) electrons. The molecule has 2 aromatic carbocycles. The maximum atomic E-state index is 13.0. The number of hydrogen-bond acceptors (Lipinski definition) is 5. The van der Waals surface area contributed by atoms with E-state index in [4.69, 9.17) is 9.47 Å². The molecular formula is C34H42N4O4. The summed E-state index contributed by atoms with van der Waals surface area (Å²) in [6.45, 7) is 9.54. The molecule has 6 rings (SSSR count). The number of fused-ring (bicyclic) bond motifs is 3. The summed E-state index contributed by atoms with van der Waals surface area (Å²) in [5.41, 5.74) is 4.82. The van der Waals surface area contributed by atoms with Crippen LogP contribution in [0.25, 0.3) is 16.6 Å². The maximum absolute atomic E-state index is 13.0. The van der Waals surface area contributed by atoms with Gasteiger partial charge in [0, 0.05) is 67.5 Å². The van der Waals surface area contributed by atoms with E-state index in [1.165, 1.54) is 22.7 Å². The van der Waals surface area contributed by atoms with E-state index in [0.29, 0.717) is 12.4 Å². The molecule has 4 heterocycles. The molecule has 1 fully saturated rings. The number of likely N-dealkylation sites (tertiary alicyclic amines) is 1. The Morgan fingerprint density at radius 1 is 1.05 bits per heavy atom. The zero-order valence-corrected chi connectivity index (χ0v) is 24.1. The Balaban J connectivity index is 0.00000353.